The highest BCUT2D eigenvalue weighted by Crippen LogP contribution is 2.12. The van der Waals surface area contributed by atoms with Gasteiger partial charge >= 0.3 is 5.69 Å². The number of amides is 1. The Morgan fingerprint density at radius 1 is 1.14 bits per heavy atom. The molecule has 3 aromatic rings. The summed E-state index contributed by atoms with van der Waals surface area (Å²) < 4.78 is 4.14. The third kappa shape index (κ3) is 3.62. The second-order valence-electron chi connectivity index (χ2n) is 7.10. The number of rotatable bonds is 6. The minimum atomic E-state index is -0.407. The van der Waals surface area contributed by atoms with Crippen molar-refractivity contribution >= 4 is 17.1 Å². The van der Waals surface area contributed by atoms with Crippen LogP contribution in [0.3, 0.4) is 0 Å². The highest BCUT2D eigenvalue weighted by molar-refractivity contribution is 5.76. The van der Waals surface area contributed by atoms with Gasteiger partial charge in [0.1, 0.15) is 0 Å². The van der Waals surface area contributed by atoms with Crippen LogP contribution in [-0.2, 0) is 32.0 Å². The minimum Gasteiger partial charge on any atom is -0.341 e. The Labute approximate surface area is 162 Å². The standard InChI is InChI=1S/C20H25N5O3/c1-14-8-5-6-9-15(14)12-22(2)16(26)10-7-11-25-13-21-18-17(25)19(27)24(4)20(28)23(18)3/h5-6,8-9,13H,7,10-12H2,1-4H3. The molecule has 0 atom stereocenters. The van der Waals surface area contributed by atoms with Crippen molar-refractivity contribution in [1.29, 1.82) is 0 Å². The van der Waals surface area contributed by atoms with Crippen LogP contribution in [0, 0.1) is 6.92 Å². The number of benzene rings is 1. The molecule has 0 bridgehead atoms. The summed E-state index contributed by atoms with van der Waals surface area (Å²) in [7, 11) is 4.84. The molecule has 0 saturated carbocycles. The number of hydrogen-bond acceptors (Lipinski definition) is 4. The molecule has 148 valence electrons. The van der Waals surface area contributed by atoms with Crippen molar-refractivity contribution in [2.75, 3.05) is 7.05 Å². The van der Waals surface area contributed by atoms with Gasteiger partial charge in [-0.15, -0.1) is 0 Å². The zero-order valence-corrected chi connectivity index (χ0v) is 16.7. The molecule has 28 heavy (non-hydrogen) atoms. The molecular formula is C20H25N5O3. The van der Waals surface area contributed by atoms with Gasteiger partial charge in [0.05, 0.1) is 6.33 Å². The molecule has 1 aromatic carbocycles. The molecule has 0 fully saturated rings. The van der Waals surface area contributed by atoms with E-state index in [1.807, 2.05) is 31.2 Å². The monoisotopic (exact) mass is 383 g/mol. The number of hydrogen-bond donors (Lipinski definition) is 0. The molecule has 0 aliphatic carbocycles. The van der Waals surface area contributed by atoms with Crippen molar-refractivity contribution in [1.82, 2.24) is 23.6 Å². The Morgan fingerprint density at radius 3 is 2.57 bits per heavy atom. The smallest absolute Gasteiger partial charge is 0.332 e. The average Bonchev–Trinajstić information content (AvgIpc) is 3.10. The molecule has 0 radical (unpaired) electrons. The Hall–Kier alpha value is -3.16. The third-order valence-corrected chi connectivity index (χ3v) is 5.10. The van der Waals surface area contributed by atoms with Crippen molar-refractivity contribution in [3.05, 3.63) is 62.6 Å². The highest BCUT2D eigenvalue weighted by Gasteiger charge is 2.15. The average molecular weight is 383 g/mol. The van der Waals surface area contributed by atoms with Gasteiger partial charge in [0.25, 0.3) is 5.56 Å². The van der Waals surface area contributed by atoms with E-state index < -0.39 is 5.69 Å². The predicted molar refractivity (Wildman–Crippen MR) is 107 cm³/mol. The first-order chi connectivity index (χ1) is 13.3. The van der Waals surface area contributed by atoms with Gasteiger partial charge < -0.3 is 9.47 Å². The molecule has 0 aliphatic rings. The van der Waals surface area contributed by atoms with Crippen LogP contribution in [0.1, 0.15) is 24.0 Å². The summed E-state index contributed by atoms with van der Waals surface area (Å²) in [6.07, 6.45) is 2.50. The van der Waals surface area contributed by atoms with E-state index in [-0.39, 0.29) is 11.5 Å². The van der Waals surface area contributed by atoms with Gasteiger partial charge in [-0.1, -0.05) is 24.3 Å². The highest BCUT2D eigenvalue weighted by atomic mass is 16.2. The molecule has 0 saturated heterocycles. The molecule has 0 spiro atoms. The fourth-order valence-electron chi connectivity index (χ4n) is 3.29. The molecule has 0 aliphatic heterocycles. The Kier molecular flexibility index (Phi) is 5.48. The van der Waals surface area contributed by atoms with Crippen molar-refractivity contribution in [2.45, 2.75) is 32.9 Å². The number of carbonyl (C=O) groups is 1. The normalized spacial score (nSPS) is 11.1. The number of nitrogens with zero attached hydrogens (tertiary/aromatic N) is 5. The van der Waals surface area contributed by atoms with Gasteiger partial charge in [0, 0.05) is 40.7 Å². The predicted octanol–water partition coefficient (Wildman–Crippen LogP) is 1.18. The maximum atomic E-state index is 12.5. The van der Waals surface area contributed by atoms with Crippen molar-refractivity contribution in [3.8, 4) is 0 Å². The maximum absolute atomic E-state index is 12.5. The number of fused-ring (bicyclic) bond motifs is 1. The first-order valence-corrected chi connectivity index (χ1v) is 9.20. The third-order valence-electron chi connectivity index (χ3n) is 5.10. The van der Waals surface area contributed by atoms with Gasteiger partial charge in [-0.25, -0.2) is 9.78 Å². The van der Waals surface area contributed by atoms with E-state index in [0.29, 0.717) is 37.1 Å². The lowest BCUT2D eigenvalue weighted by atomic mass is 10.1. The molecule has 2 heterocycles. The van der Waals surface area contributed by atoms with E-state index >= 15 is 0 Å². The van der Waals surface area contributed by atoms with Crippen molar-refractivity contribution in [3.63, 3.8) is 0 Å². The van der Waals surface area contributed by atoms with E-state index in [9.17, 15) is 14.4 Å². The van der Waals surface area contributed by atoms with Gasteiger partial charge in [-0.2, -0.15) is 0 Å². The van der Waals surface area contributed by atoms with Crippen LogP contribution in [0.5, 0.6) is 0 Å². The van der Waals surface area contributed by atoms with E-state index in [1.54, 1.807) is 29.9 Å². The van der Waals surface area contributed by atoms with Crippen LogP contribution in [0.15, 0.2) is 40.2 Å². The van der Waals surface area contributed by atoms with Crippen LogP contribution in [0.4, 0.5) is 0 Å². The van der Waals surface area contributed by atoms with Crippen LogP contribution in [0.2, 0.25) is 0 Å². The zero-order chi connectivity index (χ0) is 20.4. The molecule has 3 rings (SSSR count). The van der Waals surface area contributed by atoms with E-state index in [2.05, 4.69) is 4.98 Å². The summed E-state index contributed by atoms with van der Waals surface area (Å²) in [5.74, 6) is 0.0491. The Bertz CT molecular complexity index is 1140. The van der Waals surface area contributed by atoms with Crippen LogP contribution < -0.4 is 11.2 Å². The molecule has 1 amide bonds. The molecule has 0 N–H and O–H groups in total. The van der Waals surface area contributed by atoms with E-state index in [4.69, 9.17) is 0 Å². The first-order valence-electron chi connectivity index (χ1n) is 9.20. The largest absolute Gasteiger partial charge is 0.341 e. The van der Waals surface area contributed by atoms with Crippen LogP contribution in [0.25, 0.3) is 11.2 Å². The Morgan fingerprint density at radius 2 is 1.86 bits per heavy atom. The van der Waals surface area contributed by atoms with E-state index in [1.165, 1.54) is 11.6 Å². The summed E-state index contributed by atoms with van der Waals surface area (Å²) in [5.41, 5.74) is 2.24. The number of aryl methyl sites for hydroxylation is 3. The van der Waals surface area contributed by atoms with Crippen LogP contribution in [-0.4, -0.2) is 36.5 Å². The molecule has 8 heteroatoms. The van der Waals surface area contributed by atoms with Gasteiger partial charge in [-0.3, -0.25) is 18.7 Å². The second-order valence-corrected chi connectivity index (χ2v) is 7.10. The van der Waals surface area contributed by atoms with Gasteiger partial charge in [0.2, 0.25) is 5.91 Å². The Balaban J connectivity index is 1.67. The number of carbonyl (C=O) groups excluding carboxylic acids is 1. The van der Waals surface area contributed by atoms with Crippen molar-refractivity contribution < 1.29 is 4.79 Å². The molecule has 0 unspecified atom stereocenters. The van der Waals surface area contributed by atoms with Gasteiger partial charge in [0.15, 0.2) is 11.2 Å². The lowest BCUT2D eigenvalue weighted by Gasteiger charge is -2.18. The van der Waals surface area contributed by atoms with E-state index in [0.717, 1.165) is 15.7 Å². The SMILES string of the molecule is Cc1ccccc1CN(C)C(=O)CCCn1cnc2c1c(=O)n(C)c(=O)n2C. The maximum Gasteiger partial charge on any atom is 0.332 e. The topological polar surface area (TPSA) is 82.1 Å². The van der Waals surface area contributed by atoms with Gasteiger partial charge in [-0.05, 0) is 24.5 Å². The summed E-state index contributed by atoms with van der Waals surface area (Å²) in [6, 6.07) is 8.01. The summed E-state index contributed by atoms with van der Waals surface area (Å²) >= 11 is 0. The quantitative estimate of drug-likeness (QED) is 0.640. The fourth-order valence-corrected chi connectivity index (χ4v) is 3.29. The second kappa shape index (κ2) is 7.84. The summed E-state index contributed by atoms with van der Waals surface area (Å²) in [6.45, 7) is 3.09. The minimum absolute atomic E-state index is 0.0491. The summed E-state index contributed by atoms with van der Waals surface area (Å²) in [5, 5.41) is 0. The number of imidazole rings is 1. The number of aromatic nitrogens is 4. The van der Waals surface area contributed by atoms with Crippen molar-refractivity contribution in [2.24, 2.45) is 14.1 Å². The molecule has 2 aromatic heterocycles. The molecule has 8 nitrogen and oxygen atoms in total. The molecular weight excluding hydrogens is 358 g/mol. The lowest BCUT2D eigenvalue weighted by molar-refractivity contribution is -0.130. The first kappa shape index (κ1) is 19.6. The zero-order valence-electron chi connectivity index (χ0n) is 16.7. The lowest BCUT2D eigenvalue weighted by Crippen LogP contribution is -2.37. The summed E-state index contributed by atoms with van der Waals surface area (Å²) in [4.78, 5) is 42.8. The van der Waals surface area contributed by atoms with Crippen LogP contribution >= 0.6 is 0 Å². The fraction of sp³-hybridized carbons (Fsp3) is 0.400.